The first-order valence-corrected chi connectivity index (χ1v) is 12.4. The lowest BCUT2D eigenvalue weighted by molar-refractivity contribution is 0.114. The summed E-state index contributed by atoms with van der Waals surface area (Å²) in [6, 6.07) is 9.49. The van der Waals surface area contributed by atoms with Crippen molar-refractivity contribution in [2.45, 2.75) is 64.3 Å². The molecule has 1 aliphatic carbocycles. The van der Waals surface area contributed by atoms with E-state index in [9.17, 15) is 0 Å². The lowest BCUT2D eigenvalue weighted by Gasteiger charge is -2.29. The van der Waals surface area contributed by atoms with Gasteiger partial charge in [-0.3, -0.25) is 0 Å². The minimum atomic E-state index is -2.54. The van der Waals surface area contributed by atoms with Gasteiger partial charge in [-0.05, 0) is 61.1 Å². The van der Waals surface area contributed by atoms with Crippen molar-refractivity contribution >= 4 is 8.80 Å². The van der Waals surface area contributed by atoms with Crippen LogP contribution in [0.5, 0.6) is 5.75 Å². The summed E-state index contributed by atoms with van der Waals surface area (Å²) < 4.78 is 22.5. The van der Waals surface area contributed by atoms with E-state index in [4.69, 9.17) is 18.0 Å². The molecule has 0 spiro atoms. The Balaban J connectivity index is 1.80. The van der Waals surface area contributed by atoms with E-state index in [0.717, 1.165) is 23.6 Å². The highest BCUT2D eigenvalue weighted by atomic mass is 28.4. The first-order valence-electron chi connectivity index (χ1n) is 10.4. The second-order valence-corrected chi connectivity index (χ2v) is 11.0. The van der Waals surface area contributed by atoms with E-state index in [-0.39, 0.29) is 0 Å². The molecule has 0 heterocycles. The summed E-state index contributed by atoms with van der Waals surface area (Å²) >= 11 is 0. The number of ether oxygens (including phenoxy) is 1. The second kappa shape index (κ2) is 11.2. The molecule has 0 bridgehead atoms. The molecule has 154 valence electrons. The van der Waals surface area contributed by atoms with E-state index in [1.165, 1.54) is 44.1 Å². The third-order valence-corrected chi connectivity index (χ3v) is 9.02. The monoisotopic (exact) mass is 394 g/mol. The molecule has 0 radical (unpaired) electrons. The zero-order chi connectivity index (χ0) is 19.7. The van der Waals surface area contributed by atoms with Crippen molar-refractivity contribution in [2.75, 3.05) is 27.9 Å². The predicted molar refractivity (Wildman–Crippen MR) is 112 cm³/mol. The molecule has 1 aromatic rings. The van der Waals surface area contributed by atoms with Crippen LogP contribution in [-0.2, 0) is 13.3 Å². The average molecular weight is 395 g/mol. The van der Waals surface area contributed by atoms with E-state index >= 15 is 0 Å². The topological polar surface area (TPSA) is 36.9 Å². The van der Waals surface area contributed by atoms with Crippen molar-refractivity contribution in [1.82, 2.24) is 0 Å². The molecule has 5 heteroatoms. The molecule has 1 fully saturated rings. The van der Waals surface area contributed by atoms with Crippen LogP contribution in [0.1, 0.15) is 63.9 Å². The van der Waals surface area contributed by atoms with E-state index in [0.29, 0.717) is 12.5 Å². The molecular weight excluding hydrogens is 356 g/mol. The lowest BCUT2D eigenvalue weighted by atomic mass is 9.77. The van der Waals surface area contributed by atoms with Gasteiger partial charge in [0.25, 0.3) is 0 Å². The van der Waals surface area contributed by atoms with Gasteiger partial charge in [0.15, 0.2) is 0 Å². The van der Waals surface area contributed by atoms with Gasteiger partial charge < -0.3 is 18.0 Å². The Kier molecular flexibility index (Phi) is 9.29. The maximum Gasteiger partial charge on any atom is 0.500 e. The van der Waals surface area contributed by atoms with Crippen LogP contribution in [-0.4, -0.2) is 36.7 Å². The molecular formula is C22H38O4Si. The summed E-state index contributed by atoms with van der Waals surface area (Å²) in [5, 5.41) is 0. The van der Waals surface area contributed by atoms with Gasteiger partial charge in [0.1, 0.15) is 5.75 Å². The van der Waals surface area contributed by atoms with E-state index in [1.54, 1.807) is 21.3 Å². The van der Waals surface area contributed by atoms with Gasteiger partial charge in [-0.25, -0.2) is 0 Å². The molecule has 1 unspecified atom stereocenters. The Morgan fingerprint density at radius 3 is 2.07 bits per heavy atom. The molecule has 1 aromatic carbocycles. The van der Waals surface area contributed by atoms with Crippen molar-refractivity contribution in [3.05, 3.63) is 29.8 Å². The Labute approximate surface area is 166 Å². The predicted octanol–water partition coefficient (Wildman–Crippen LogP) is 5.65. The number of benzene rings is 1. The van der Waals surface area contributed by atoms with Crippen LogP contribution in [0.25, 0.3) is 0 Å². The summed E-state index contributed by atoms with van der Waals surface area (Å²) in [7, 11) is 2.42. The summed E-state index contributed by atoms with van der Waals surface area (Å²) in [5.41, 5.74) is 1.47. The van der Waals surface area contributed by atoms with Gasteiger partial charge in [-0.15, -0.1) is 0 Å². The Hall–Kier alpha value is -0.883. The fourth-order valence-corrected chi connectivity index (χ4v) is 6.22. The highest BCUT2D eigenvalue weighted by Crippen LogP contribution is 2.37. The minimum Gasteiger partial charge on any atom is -0.493 e. The third kappa shape index (κ3) is 6.59. The molecule has 1 saturated carbocycles. The smallest absolute Gasteiger partial charge is 0.493 e. The summed E-state index contributed by atoms with van der Waals surface area (Å²) in [4.78, 5) is 0. The first kappa shape index (κ1) is 22.4. The summed E-state index contributed by atoms with van der Waals surface area (Å²) in [6.07, 6.45) is 8.16. The van der Waals surface area contributed by atoms with Gasteiger partial charge in [0.05, 0.1) is 6.61 Å². The van der Waals surface area contributed by atoms with Crippen molar-refractivity contribution < 1.29 is 18.0 Å². The zero-order valence-electron chi connectivity index (χ0n) is 17.8. The van der Waals surface area contributed by atoms with Gasteiger partial charge in [-0.1, -0.05) is 38.8 Å². The van der Waals surface area contributed by atoms with Crippen LogP contribution in [0.2, 0.25) is 6.04 Å². The van der Waals surface area contributed by atoms with Gasteiger partial charge in [0, 0.05) is 27.4 Å². The number of hydrogen-bond acceptors (Lipinski definition) is 4. The quantitative estimate of drug-likeness (QED) is 0.454. The maximum atomic E-state index is 5.99. The molecule has 0 saturated heterocycles. The minimum absolute atomic E-state index is 0.296. The normalized spacial score (nSPS) is 21.8. The first-order chi connectivity index (χ1) is 13.1. The summed E-state index contributed by atoms with van der Waals surface area (Å²) in [6.45, 7) is 5.07. The standard InChI is InChI=1S/C22H38O4Si/c1-6-7-19-8-10-20(11-9-19)21-12-14-22(15-13-21)26-16-18(2)17-27(23-3,24-4)25-5/h12-15,18-20H,6-11,16-17H2,1-5H3/t18?,19-,20-. The van der Waals surface area contributed by atoms with Crippen molar-refractivity contribution in [3.8, 4) is 5.75 Å². The van der Waals surface area contributed by atoms with Crippen molar-refractivity contribution in [2.24, 2.45) is 11.8 Å². The third-order valence-electron chi connectivity index (χ3n) is 5.96. The molecule has 0 N–H and O–H groups in total. The highest BCUT2D eigenvalue weighted by Gasteiger charge is 2.39. The molecule has 0 aromatic heterocycles. The fraction of sp³-hybridized carbons (Fsp3) is 0.727. The van der Waals surface area contributed by atoms with Gasteiger partial charge in [0.2, 0.25) is 0 Å². The largest absolute Gasteiger partial charge is 0.500 e. The fourth-order valence-electron chi connectivity index (χ4n) is 4.25. The Morgan fingerprint density at radius 1 is 0.963 bits per heavy atom. The summed E-state index contributed by atoms with van der Waals surface area (Å²) in [5.74, 6) is 2.91. The maximum absolute atomic E-state index is 5.99. The van der Waals surface area contributed by atoms with Gasteiger partial charge in [-0.2, -0.15) is 0 Å². The number of hydrogen-bond donors (Lipinski definition) is 0. The Morgan fingerprint density at radius 2 is 1.56 bits per heavy atom. The van der Waals surface area contributed by atoms with Crippen LogP contribution in [0.3, 0.4) is 0 Å². The average Bonchev–Trinajstić information content (AvgIpc) is 2.72. The van der Waals surface area contributed by atoms with E-state index < -0.39 is 8.80 Å². The highest BCUT2D eigenvalue weighted by molar-refractivity contribution is 6.60. The van der Waals surface area contributed by atoms with Crippen LogP contribution in [0.4, 0.5) is 0 Å². The van der Waals surface area contributed by atoms with Crippen molar-refractivity contribution in [3.63, 3.8) is 0 Å². The van der Waals surface area contributed by atoms with Gasteiger partial charge >= 0.3 is 8.80 Å². The zero-order valence-corrected chi connectivity index (χ0v) is 18.8. The van der Waals surface area contributed by atoms with Crippen LogP contribution in [0, 0.1) is 11.8 Å². The second-order valence-electron chi connectivity index (χ2n) is 7.99. The number of rotatable bonds is 11. The molecule has 1 atom stereocenters. The van der Waals surface area contributed by atoms with E-state index in [1.807, 2.05) is 0 Å². The molecule has 0 amide bonds. The molecule has 0 aliphatic heterocycles. The molecule has 4 nitrogen and oxygen atoms in total. The van der Waals surface area contributed by atoms with Crippen LogP contribution in [0.15, 0.2) is 24.3 Å². The van der Waals surface area contributed by atoms with Crippen molar-refractivity contribution in [1.29, 1.82) is 0 Å². The van der Waals surface area contributed by atoms with Crippen LogP contribution < -0.4 is 4.74 Å². The van der Waals surface area contributed by atoms with Crippen LogP contribution >= 0.6 is 0 Å². The molecule has 27 heavy (non-hydrogen) atoms. The van der Waals surface area contributed by atoms with E-state index in [2.05, 4.69) is 38.1 Å². The SMILES string of the molecule is CCC[C@H]1CC[C@H](c2ccc(OCC(C)C[Si](OC)(OC)OC)cc2)CC1. The molecule has 1 aliphatic rings. The Bertz CT molecular complexity index is 513. The lowest BCUT2D eigenvalue weighted by Crippen LogP contribution is -2.44. The molecule has 2 rings (SSSR count).